The van der Waals surface area contributed by atoms with Crippen molar-refractivity contribution in [1.82, 2.24) is 0 Å². The average molecular weight is 259 g/mol. The molecule has 5 nitrogen and oxygen atoms in total. The van der Waals surface area contributed by atoms with E-state index in [-0.39, 0.29) is 5.91 Å². The lowest BCUT2D eigenvalue weighted by atomic mass is 10.2. The van der Waals surface area contributed by atoms with Crippen LogP contribution >= 0.6 is 0 Å². The molecule has 1 heterocycles. The van der Waals surface area contributed by atoms with Gasteiger partial charge in [0.25, 0.3) is 5.91 Å². The van der Waals surface area contributed by atoms with Crippen LogP contribution in [0.3, 0.4) is 0 Å². The van der Waals surface area contributed by atoms with Crippen LogP contribution in [0.1, 0.15) is 10.4 Å². The van der Waals surface area contributed by atoms with Gasteiger partial charge in [0.15, 0.2) is 12.4 Å². The van der Waals surface area contributed by atoms with Gasteiger partial charge >= 0.3 is 0 Å². The third-order valence-corrected chi connectivity index (χ3v) is 2.58. The largest absolute Gasteiger partial charge is 0.497 e. The van der Waals surface area contributed by atoms with E-state index in [1.54, 1.807) is 50.9 Å². The monoisotopic (exact) mass is 259 g/mol. The van der Waals surface area contributed by atoms with E-state index in [4.69, 9.17) is 9.47 Å². The number of methoxy groups -OCH3 is 2. The van der Waals surface area contributed by atoms with Crippen molar-refractivity contribution in [3.8, 4) is 11.5 Å². The molecule has 0 atom stereocenters. The van der Waals surface area contributed by atoms with Gasteiger partial charge in [0.1, 0.15) is 17.2 Å². The molecule has 0 spiro atoms. The van der Waals surface area contributed by atoms with Crippen molar-refractivity contribution in [2.75, 3.05) is 19.5 Å². The van der Waals surface area contributed by atoms with Crippen molar-refractivity contribution in [2.24, 2.45) is 0 Å². The Hall–Kier alpha value is -2.56. The standard InChI is InChI=1S/C14H14N2O3/c1-18-12-6-10(7-13(8-12)19-2)14(17)16-11-4-3-5-15-9-11/h3-9H,1-2H3,(H,16,17)/p+1. The predicted octanol–water partition coefficient (Wildman–Crippen LogP) is 1.77. The predicted molar refractivity (Wildman–Crippen MR) is 70.5 cm³/mol. The summed E-state index contributed by atoms with van der Waals surface area (Å²) in [5.74, 6) is 0.921. The number of rotatable bonds is 4. The minimum Gasteiger partial charge on any atom is -0.497 e. The van der Waals surface area contributed by atoms with Crippen LogP contribution in [0.4, 0.5) is 5.69 Å². The summed E-state index contributed by atoms with van der Waals surface area (Å²) in [5.41, 5.74) is 1.16. The first-order valence-electron chi connectivity index (χ1n) is 5.73. The lowest BCUT2D eigenvalue weighted by molar-refractivity contribution is -0.377. The third kappa shape index (κ3) is 3.22. The van der Waals surface area contributed by atoms with Crippen molar-refractivity contribution in [1.29, 1.82) is 0 Å². The van der Waals surface area contributed by atoms with Crippen LogP contribution in [-0.2, 0) is 0 Å². The molecule has 2 rings (SSSR count). The van der Waals surface area contributed by atoms with Gasteiger partial charge in [-0.05, 0) is 18.2 Å². The van der Waals surface area contributed by atoms with E-state index < -0.39 is 0 Å². The molecule has 1 aromatic heterocycles. The molecule has 2 aromatic rings. The molecule has 0 saturated heterocycles. The van der Waals surface area contributed by atoms with Gasteiger partial charge in [-0.15, -0.1) is 0 Å². The molecule has 0 saturated carbocycles. The topological polar surface area (TPSA) is 61.7 Å². The second-order valence-electron chi connectivity index (χ2n) is 3.85. The molecule has 0 aliphatic heterocycles. The summed E-state index contributed by atoms with van der Waals surface area (Å²) in [6, 6.07) is 8.63. The first-order chi connectivity index (χ1) is 9.22. The lowest BCUT2D eigenvalue weighted by Crippen LogP contribution is -2.14. The molecule has 98 valence electrons. The van der Waals surface area contributed by atoms with Gasteiger partial charge in [-0.3, -0.25) is 4.79 Å². The van der Waals surface area contributed by atoms with E-state index in [2.05, 4.69) is 10.3 Å². The molecular weight excluding hydrogens is 244 g/mol. The van der Waals surface area contributed by atoms with Crippen LogP contribution < -0.4 is 19.8 Å². The molecule has 19 heavy (non-hydrogen) atoms. The molecule has 0 bridgehead atoms. The molecule has 2 N–H and O–H groups in total. The van der Waals surface area contributed by atoms with Crippen LogP contribution in [0.25, 0.3) is 0 Å². The normalized spacial score (nSPS) is 9.79. The van der Waals surface area contributed by atoms with E-state index in [0.717, 1.165) is 0 Å². The highest BCUT2D eigenvalue weighted by Crippen LogP contribution is 2.23. The first kappa shape index (κ1) is 12.9. The lowest BCUT2D eigenvalue weighted by Gasteiger charge is -2.08. The van der Waals surface area contributed by atoms with Gasteiger partial charge in [-0.2, -0.15) is 0 Å². The molecule has 5 heteroatoms. The van der Waals surface area contributed by atoms with Gasteiger partial charge in [0.05, 0.1) is 14.2 Å². The number of carbonyl (C=O) groups excluding carboxylic acids is 1. The van der Waals surface area contributed by atoms with Gasteiger partial charge in [0.2, 0.25) is 0 Å². The number of aromatic amines is 1. The Bertz CT molecular complexity index is 548. The van der Waals surface area contributed by atoms with E-state index in [9.17, 15) is 4.79 Å². The van der Waals surface area contributed by atoms with Gasteiger partial charge < -0.3 is 14.8 Å². The number of pyridine rings is 1. The van der Waals surface area contributed by atoms with E-state index in [1.807, 2.05) is 6.07 Å². The number of ether oxygens (including phenoxy) is 2. The number of H-pyrrole nitrogens is 1. The van der Waals surface area contributed by atoms with Crippen molar-refractivity contribution in [3.05, 3.63) is 48.3 Å². The summed E-state index contributed by atoms with van der Waals surface area (Å²) >= 11 is 0. The Morgan fingerprint density at radius 1 is 1.16 bits per heavy atom. The summed E-state index contributed by atoms with van der Waals surface area (Å²) in [7, 11) is 3.09. The van der Waals surface area contributed by atoms with Crippen molar-refractivity contribution in [3.63, 3.8) is 0 Å². The van der Waals surface area contributed by atoms with Crippen LogP contribution in [0.2, 0.25) is 0 Å². The number of anilines is 1. The highest BCUT2D eigenvalue weighted by molar-refractivity contribution is 6.04. The highest BCUT2D eigenvalue weighted by atomic mass is 16.5. The van der Waals surface area contributed by atoms with Gasteiger partial charge in [-0.25, -0.2) is 4.98 Å². The molecule has 1 amide bonds. The summed E-state index contributed by atoms with van der Waals surface area (Å²) < 4.78 is 10.3. The van der Waals surface area contributed by atoms with E-state index in [1.165, 1.54) is 0 Å². The summed E-state index contributed by atoms with van der Waals surface area (Å²) in [5, 5.41) is 2.78. The summed E-state index contributed by atoms with van der Waals surface area (Å²) in [6.07, 6.45) is 3.47. The van der Waals surface area contributed by atoms with Crippen LogP contribution in [0, 0.1) is 0 Å². The zero-order valence-electron chi connectivity index (χ0n) is 10.8. The molecule has 0 aliphatic carbocycles. The highest BCUT2D eigenvalue weighted by Gasteiger charge is 2.10. The molecule has 1 aromatic carbocycles. The fraction of sp³-hybridized carbons (Fsp3) is 0.143. The smallest absolute Gasteiger partial charge is 0.256 e. The van der Waals surface area contributed by atoms with E-state index >= 15 is 0 Å². The van der Waals surface area contributed by atoms with Crippen LogP contribution in [0.15, 0.2) is 42.7 Å². The number of hydrogen-bond acceptors (Lipinski definition) is 3. The fourth-order valence-corrected chi connectivity index (χ4v) is 1.61. The maximum atomic E-state index is 12.1. The zero-order chi connectivity index (χ0) is 13.7. The maximum Gasteiger partial charge on any atom is 0.256 e. The number of nitrogens with one attached hydrogen (secondary N) is 2. The molecule has 0 fully saturated rings. The first-order valence-corrected chi connectivity index (χ1v) is 5.73. The zero-order valence-corrected chi connectivity index (χ0v) is 10.8. The Morgan fingerprint density at radius 3 is 2.37 bits per heavy atom. The van der Waals surface area contributed by atoms with Crippen molar-refractivity contribution < 1.29 is 19.3 Å². The number of hydrogen-bond donors (Lipinski definition) is 1. The third-order valence-electron chi connectivity index (χ3n) is 2.58. The second kappa shape index (κ2) is 5.86. The van der Waals surface area contributed by atoms with E-state index in [0.29, 0.717) is 22.7 Å². The van der Waals surface area contributed by atoms with Crippen LogP contribution in [0.5, 0.6) is 11.5 Å². The Kier molecular flexibility index (Phi) is 3.97. The second-order valence-corrected chi connectivity index (χ2v) is 3.85. The van der Waals surface area contributed by atoms with Gasteiger partial charge in [-0.1, -0.05) is 0 Å². The molecule has 0 aliphatic rings. The number of amides is 1. The molecule has 0 unspecified atom stereocenters. The van der Waals surface area contributed by atoms with Crippen LogP contribution in [-0.4, -0.2) is 20.1 Å². The Morgan fingerprint density at radius 2 is 1.84 bits per heavy atom. The molecular formula is C14H15N2O3+. The Balaban J connectivity index is 2.23. The quantitative estimate of drug-likeness (QED) is 0.910. The summed E-state index contributed by atoms with van der Waals surface area (Å²) in [6.45, 7) is 0. The van der Waals surface area contributed by atoms with Crippen molar-refractivity contribution in [2.45, 2.75) is 0 Å². The Labute approximate surface area is 111 Å². The summed E-state index contributed by atoms with van der Waals surface area (Å²) in [4.78, 5) is 15.0. The number of carbonyl (C=O) groups is 1. The van der Waals surface area contributed by atoms with Crippen molar-refractivity contribution >= 4 is 11.6 Å². The minimum atomic E-state index is -0.225. The van der Waals surface area contributed by atoms with Gasteiger partial charge in [0, 0.05) is 17.7 Å². The SMILES string of the molecule is COc1cc(OC)cc(C(=O)Nc2ccc[nH+]c2)c1. The average Bonchev–Trinajstić information content (AvgIpc) is 2.47. The molecule has 0 radical (unpaired) electrons. The number of benzene rings is 1. The number of aromatic nitrogens is 1. The fourth-order valence-electron chi connectivity index (χ4n) is 1.61. The minimum absolute atomic E-state index is 0.225. The maximum absolute atomic E-state index is 12.1.